The van der Waals surface area contributed by atoms with E-state index in [4.69, 9.17) is 9.47 Å². The molecular weight excluding hydrogens is 244 g/mol. The van der Waals surface area contributed by atoms with Gasteiger partial charge < -0.3 is 20.1 Å². The van der Waals surface area contributed by atoms with Gasteiger partial charge in [0.2, 0.25) is 5.91 Å². The number of carbonyl (C=O) groups excluding carboxylic acids is 1. The zero-order valence-corrected chi connectivity index (χ0v) is 12.0. The van der Waals surface area contributed by atoms with Gasteiger partial charge in [-0.25, -0.2) is 0 Å². The smallest absolute Gasteiger partial charge is 0.236 e. The molecule has 0 bridgehead atoms. The first kappa shape index (κ1) is 14.8. The van der Waals surface area contributed by atoms with E-state index in [1.807, 2.05) is 6.92 Å². The third-order valence-electron chi connectivity index (χ3n) is 3.96. The average molecular weight is 270 g/mol. The molecule has 5 heteroatoms. The molecule has 0 spiro atoms. The zero-order valence-electron chi connectivity index (χ0n) is 12.0. The molecule has 0 saturated carbocycles. The van der Waals surface area contributed by atoms with Crippen molar-refractivity contribution < 1.29 is 14.3 Å². The summed E-state index contributed by atoms with van der Waals surface area (Å²) in [4.78, 5) is 12.0. The van der Waals surface area contributed by atoms with Gasteiger partial charge in [-0.1, -0.05) is 0 Å². The van der Waals surface area contributed by atoms with Crippen LogP contribution in [0.2, 0.25) is 0 Å². The Hall–Kier alpha value is -0.650. The van der Waals surface area contributed by atoms with Crippen LogP contribution in [0.4, 0.5) is 0 Å². The first-order valence-corrected chi connectivity index (χ1v) is 7.44. The second-order valence-corrected chi connectivity index (χ2v) is 5.61. The molecule has 2 aliphatic rings. The van der Waals surface area contributed by atoms with Crippen molar-refractivity contribution in [3.8, 4) is 0 Å². The standard InChI is InChI=1S/C14H26N2O3/c1-10(13-6-4-8-19-13)16-11(2)14(17)15-9-12-5-3-7-18-12/h10-13,16H,3-9H2,1-2H3,(H,15,17). The number of hydrogen-bond donors (Lipinski definition) is 2. The van der Waals surface area contributed by atoms with Gasteiger partial charge in [0.25, 0.3) is 0 Å². The minimum Gasteiger partial charge on any atom is -0.377 e. The Balaban J connectivity index is 1.66. The molecule has 2 saturated heterocycles. The quantitative estimate of drug-likeness (QED) is 0.750. The molecule has 2 rings (SSSR count). The van der Waals surface area contributed by atoms with Crippen LogP contribution in [0.1, 0.15) is 39.5 Å². The summed E-state index contributed by atoms with van der Waals surface area (Å²) in [6.07, 6.45) is 4.80. The minimum atomic E-state index is -0.194. The van der Waals surface area contributed by atoms with Crippen molar-refractivity contribution in [3.05, 3.63) is 0 Å². The molecule has 0 aromatic carbocycles. The van der Waals surface area contributed by atoms with Crippen molar-refractivity contribution >= 4 is 5.91 Å². The Morgan fingerprint density at radius 1 is 1.21 bits per heavy atom. The number of hydrogen-bond acceptors (Lipinski definition) is 4. The predicted molar refractivity (Wildman–Crippen MR) is 73.0 cm³/mol. The lowest BCUT2D eigenvalue weighted by molar-refractivity contribution is -0.123. The highest BCUT2D eigenvalue weighted by molar-refractivity contribution is 5.81. The number of carbonyl (C=O) groups is 1. The van der Waals surface area contributed by atoms with Gasteiger partial charge in [-0.15, -0.1) is 0 Å². The Labute approximate surface area is 115 Å². The molecular formula is C14H26N2O3. The Morgan fingerprint density at radius 2 is 1.95 bits per heavy atom. The molecule has 0 radical (unpaired) electrons. The maximum atomic E-state index is 12.0. The topological polar surface area (TPSA) is 59.6 Å². The molecule has 2 fully saturated rings. The maximum Gasteiger partial charge on any atom is 0.236 e. The van der Waals surface area contributed by atoms with Gasteiger partial charge in [-0.3, -0.25) is 4.79 Å². The Morgan fingerprint density at radius 3 is 2.58 bits per heavy atom. The Bertz CT molecular complexity index is 286. The second-order valence-electron chi connectivity index (χ2n) is 5.61. The molecule has 0 aliphatic carbocycles. The first-order valence-electron chi connectivity index (χ1n) is 7.44. The largest absolute Gasteiger partial charge is 0.377 e. The molecule has 5 nitrogen and oxygen atoms in total. The third-order valence-corrected chi connectivity index (χ3v) is 3.96. The van der Waals surface area contributed by atoms with E-state index in [2.05, 4.69) is 17.6 Å². The lowest BCUT2D eigenvalue weighted by Gasteiger charge is -2.24. The van der Waals surface area contributed by atoms with Gasteiger partial charge in [-0.05, 0) is 39.5 Å². The molecule has 19 heavy (non-hydrogen) atoms. The maximum absolute atomic E-state index is 12.0. The van der Waals surface area contributed by atoms with E-state index < -0.39 is 0 Å². The van der Waals surface area contributed by atoms with Crippen molar-refractivity contribution in [2.24, 2.45) is 0 Å². The van der Waals surface area contributed by atoms with Gasteiger partial charge in [0.1, 0.15) is 0 Å². The molecule has 4 unspecified atom stereocenters. The van der Waals surface area contributed by atoms with Crippen LogP contribution in [0.15, 0.2) is 0 Å². The fourth-order valence-corrected chi connectivity index (χ4v) is 2.75. The second kappa shape index (κ2) is 7.22. The number of nitrogens with one attached hydrogen (secondary N) is 2. The highest BCUT2D eigenvalue weighted by Crippen LogP contribution is 2.15. The summed E-state index contributed by atoms with van der Waals surface area (Å²) < 4.78 is 11.1. The van der Waals surface area contributed by atoms with Crippen LogP contribution < -0.4 is 10.6 Å². The van der Waals surface area contributed by atoms with Gasteiger partial charge in [0.05, 0.1) is 18.2 Å². The lowest BCUT2D eigenvalue weighted by Crippen LogP contribution is -2.50. The monoisotopic (exact) mass is 270 g/mol. The van der Waals surface area contributed by atoms with Crippen LogP contribution in [-0.4, -0.2) is 50.0 Å². The molecule has 2 heterocycles. The average Bonchev–Trinajstić information content (AvgIpc) is 3.08. The molecule has 1 amide bonds. The number of amides is 1. The van der Waals surface area contributed by atoms with Crippen LogP contribution >= 0.6 is 0 Å². The summed E-state index contributed by atoms with van der Waals surface area (Å²) in [5.41, 5.74) is 0. The third kappa shape index (κ3) is 4.44. The van der Waals surface area contributed by atoms with Gasteiger partial charge in [0, 0.05) is 25.8 Å². The van der Waals surface area contributed by atoms with Gasteiger partial charge in [0.15, 0.2) is 0 Å². The van der Waals surface area contributed by atoms with Gasteiger partial charge in [-0.2, -0.15) is 0 Å². The van der Waals surface area contributed by atoms with Crippen molar-refractivity contribution in [3.63, 3.8) is 0 Å². The summed E-state index contributed by atoms with van der Waals surface area (Å²) in [5.74, 6) is 0.0420. The van der Waals surface area contributed by atoms with Crippen LogP contribution in [0.5, 0.6) is 0 Å². The predicted octanol–water partition coefficient (Wildman–Crippen LogP) is 0.827. The van der Waals surface area contributed by atoms with Crippen molar-refractivity contribution in [2.45, 2.75) is 63.8 Å². The van der Waals surface area contributed by atoms with Gasteiger partial charge >= 0.3 is 0 Å². The minimum absolute atomic E-state index is 0.0420. The number of rotatable bonds is 6. The van der Waals surface area contributed by atoms with E-state index in [9.17, 15) is 4.79 Å². The molecule has 2 aliphatic heterocycles. The highest BCUT2D eigenvalue weighted by Gasteiger charge is 2.25. The summed E-state index contributed by atoms with van der Waals surface area (Å²) in [5, 5.41) is 6.27. The highest BCUT2D eigenvalue weighted by atomic mass is 16.5. The van der Waals surface area contributed by atoms with E-state index in [-0.39, 0.29) is 30.2 Å². The van der Waals surface area contributed by atoms with Crippen molar-refractivity contribution in [1.29, 1.82) is 0 Å². The molecule has 110 valence electrons. The van der Waals surface area contributed by atoms with Crippen LogP contribution in [0.3, 0.4) is 0 Å². The Kier molecular flexibility index (Phi) is 5.60. The van der Waals surface area contributed by atoms with Crippen LogP contribution in [0, 0.1) is 0 Å². The molecule has 0 aromatic heterocycles. The SMILES string of the molecule is CC(NC(C)C1CCCO1)C(=O)NCC1CCCO1. The van der Waals surface area contributed by atoms with E-state index in [1.165, 1.54) is 0 Å². The fraction of sp³-hybridized carbons (Fsp3) is 0.929. The zero-order chi connectivity index (χ0) is 13.7. The van der Waals surface area contributed by atoms with Crippen LogP contribution in [0.25, 0.3) is 0 Å². The fourth-order valence-electron chi connectivity index (χ4n) is 2.75. The van der Waals surface area contributed by atoms with Crippen molar-refractivity contribution in [1.82, 2.24) is 10.6 Å². The lowest BCUT2D eigenvalue weighted by atomic mass is 10.1. The number of ether oxygens (including phenoxy) is 2. The summed E-state index contributed by atoms with van der Waals surface area (Å²) in [6.45, 7) is 6.27. The normalized spacial score (nSPS) is 30.2. The molecule has 0 aromatic rings. The van der Waals surface area contributed by atoms with E-state index in [1.54, 1.807) is 0 Å². The molecule has 4 atom stereocenters. The van der Waals surface area contributed by atoms with Crippen molar-refractivity contribution in [2.75, 3.05) is 19.8 Å². The summed E-state index contributed by atoms with van der Waals surface area (Å²) in [7, 11) is 0. The first-order chi connectivity index (χ1) is 9.16. The molecule has 2 N–H and O–H groups in total. The van der Waals surface area contributed by atoms with E-state index >= 15 is 0 Å². The van der Waals surface area contributed by atoms with E-state index in [0.717, 1.165) is 38.9 Å². The van der Waals surface area contributed by atoms with Crippen LogP contribution in [-0.2, 0) is 14.3 Å². The summed E-state index contributed by atoms with van der Waals surface area (Å²) in [6, 6.07) is 0.0200. The van der Waals surface area contributed by atoms with E-state index in [0.29, 0.717) is 6.54 Å². The summed E-state index contributed by atoms with van der Waals surface area (Å²) >= 11 is 0.